The fraction of sp³-hybridized carbons (Fsp3) is 0.375. The van der Waals surface area contributed by atoms with Crippen LogP contribution in [0, 0.1) is 28.5 Å². The molecule has 0 atom stereocenters. The number of allylic oxidation sites excluding steroid dienone is 1. The van der Waals surface area contributed by atoms with E-state index in [2.05, 4.69) is 0 Å². The van der Waals surface area contributed by atoms with Gasteiger partial charge >= 0.3 is 0 Å². The van der Waals surface area contributed by atoms with Crippen molar-refractivity contribution in [1.82, 2.24) is 0 Å². The van der Waals surface area contributed by atoms with Gasteiger partial charge in [-0.3, -0.25) is 0 Å². The van der Waals surface area contributed by atoms with Gasteiger partial charge in [0.1, 0.15) is 28.4 Å². The molecule has 1 aromatic carbocycles. The molecule has 0 aliphatic carbocycles. The normalized spacial score (nSPS) is 12.4. The van der Waals surface area contributed by atoms with E-state index < -0.39 is 25.3 Å². The lowest BCUT2D eigenvalue weighted by molar-refractivity contribution is 0.568. The summed E-state index contributed by atoms with van der Waals surface area (Å²) in [5, 5.41) is 18.3. The highest BCUT2D eigenvalue weighted by atomic mass is 32.2. The number of sulfone groups is 1. The summed E-state index contributed by atoms with van der Waals surface area (Å²) in [6, 6.07) is 6.23. The Labute approximate surface area is 136 Å². The van der Waals surface area contributed by atoms with Crippen LogP contribution in [-0.2, 0) is 9.84 Å². The molecule has 0 unspecified atom stereocenters. The van der Waals surface area contributed by atoms with Crippen LogP contribution in [0.4, 0.5) is 10.1 Å². The van der Waals surface area contributed by atoms with E-state index in [0.29, 0.717) is 5.69 Å². The number of benzene rings is 1. The Morgan fingerprint density at radius 2 is 1.83 bits per heavy atom. The van der Waals surface area contributed by atoms with Crippen LogP contribution in [0.15, 0.2) is 17.0 Å². The molecule has 0 aromatic heterocycles. The predicted octanol–water partition coefficient (Wildman–Crippen LogP) is 2.84. The summed E-state index contributed by atoms with van der Waals surface area (Å²) in [5.41, 5.74) is 0.0602. The molecule has 0 heterocycles. The fourth-order valence-corrected chi connectivity index (χ4v) is 2.88. The van der Waals surface area contributed by atoms with Crippen molar-refractivity contribution < 1.29 is 12.8 Å². The molecule has 0 N–H and O–H groups in total. The molecule has 1 aromatic rings. The minimum atomic E-state index is -3.91. The van der Waals surface area contributed by atoms with Crippen molar-refractivity contribution in [3.63, 3.8) is 0 Å². The Balaban J connectivity index is 3.62. The fourth-order valence-electron chi connectivity index (χ4n) is 1.81. The van der Waals surface area contributed by atoms with Gasteiger partial charge in [0.2, 0.25) is 0 Å². The number of nitriles is 2. The maximum atomic E-state index is 14.5. The average molecular weight is 335 g/mol. The first-order valence-corrected chi connectivity index (χ1v) is 8.22. The van der Waals surface area contributed by atoms with Crippen LogP contribution in [0.1, 0.15) is 31.9 Å². The van der Waals surface area contributed by atoms with Crippen molar-refractivity contribution in [2.24, 2.45) is 0 Å². The molecule has 7 heteroatoms. The van der Waals surface area contributed by atoms with Crippen LogP contribution in [0.3, 0.4) is 0 Å². The molecule has 23 heavy (non-hydrogen) atoms. The van der Waals surface area contributed by atoms with Gasteiger partial charge in [-0.25, -0.2) is 12.8 Å². The zero-order chi connectivity index (χ0) is 18.0. The summed E-state index contributed by atoms with van der Waals surface area (Å²) in [4.78, 5) is 1.04. The number of hydrogen-bond donors (Lipinski definition) is 0. The molecule has 122 valence electrons. The summed E-state index contributed by atoms with van der Waals surface area (Å²) < 4.78 is 38.0. The highest BCUT2D eigenvalue weighted by Gasteiger charge is 2.33. The van der Waals surface area contributed by atoms with E-state index in [9.17, 15) is 12.8 Å². The molecule has 0 saturated heterocycles. The van der Waals surface area contributed by atoms with E-state index in [4.69, 9.17) is 10.5 Å². The largest absolute Gasteiger partial charge is 0.377 e. The van der Waals surface area contributed by atoms with Crippen molar-refractivity contribution >= 4 is 21.6 Å². The first kappa shape index (κ1) is 18.7. The Morgan fingerprint density at radius 1 is 1.26 bits per heavy atom. The molecular formula is C16H18FN3O2S. The number of rotatable bonds is 3. The van der Waals surface area contributed by atoms with Gasteiger partial charge in [0, 0.05) is 19.7 Å². The first-order chi connectivity index (χ1) is 10.5. The van der Waals surface area contributed by atoms with Crippen molar-refractivity contribution in [2.45, 2.75) is 25.5 Å². The number of hydrogen-bond acceptors (Lipinski definition) is 5. The molecule has 0 bridgehead atoms. The van der Waals surface area contributed by atoms with Gasteiger partial charge in [0.15, 0.2) is 9.84 Å². The monoisotopic (exact) mass is 335 g/mol. The number of nitrogens with zero attached hydrogens (tertiary/aromatic N) is 3. The molecule has 0 saturated carbocycles. The van der Waals surface area contributed by atoms with E-state index in [1.165, 1.54) is 32.9 Å². The lowest BCUT2D eigenvalue weighted by atomic mass is 10.1. The van der Waals surface area contributed by atoms with E-state index in [1.807, 2.05) is 0 Å². The van der Waals surface area contributed by atoms with E-state index in [1.54, 1.807) is 31.1 Å². The van der Waals surface area contributed by atoms with Crippen LogP contribution >= 0.6 is 0 Å². The third-order valence-electron chi connectivity index (χ3n) is 3.24. The SMILES string of the molecule is CN(C)c1ccc(/C=C(\C#N)S(=O)(=O)C(C)(C)C)c(F)c1C#N. The zero-order valence-corrected chi connectivity index (χ0v) is 14.5. The standard InChI is InChI=1S/C16H18FN3O2S/c1-16(2,3)23(21,22)12(9-18)8-11-6-7-14(20(4)5)13(10-19)15(11)17/h6-8H,1-5H3/b12-8+. The van der Waals surface area contributed by atoms with E-state index in [-0.39, 0.29) is 11.1 Å². The second-order valence-electron chi connectivity index (χ2n) is 6.11. The minimum absolute atomic E-state index is 0.114. The Morgan fingerprint density at radius 3 is 2.22 bits per heavy atom. The molecule has 1 rings (SSSR count). The molecule has 5 nitrogen and oxygen atoms in total. The third kappa shape index (κ3) is 3.52. The van der Waals surface area contributed by atoms with Gasteiger partial charge in [-0.1, -0.05) is 0 Å². The first-order valence-electron chi connectivity index (χ1n) is 6.73. The topological polar surface area (TPSA) is 85.0 Å². The van der Waals surface area contributed by atoms with Gasteiger partial charge < -0.3 is 4.90 Å². The van der Waals surface area contributed by atoms with Crippen LogP contribution < -0.4 is 4.90 Å². The molecule has 0 radical (unpaired) electrons. The average Bonchev–Trinajstić information content (AvgIpc) is 2.43. The predicted molar refractivity (Wildman–Crippen MR) is 87.7 cm³/mol. The molecular weight excluding hydrogens is 317 g/mol. The Hall–Kier alpha value is -2.38. The number of halogens is 1. The van der Waals surface area contributed by atoms with Crippen molar-refractivity contribution in [3.05, 3.63) is 34.0 Å². The molecule has 0 aliphatic rings. The van der Waals surface area contributed by atoms with E-state index >= 15 is 0 Å². The number of anilines is 1. The van der Waals surface area contributed by atoms with Crippen LogP contribution in [-0.4, -0.2) is 27.3 Å². The maximum absolute atomic E-state index is 14.5. The molecule has 0 fully saturated rings. The van der Waals surface area contributed by atoms with Crippen molar-refractivity contribution in [1.29, 1.82) is 10.5 Å². The lowest BCUT2D eigenvalue weighted by Gasteiger charge is -2.18. The van der Waals surface area contributed by atoms with E-state index in [0.717, 1.165) is 6.08 Å². The summed E-state index contributed by atoms with van der Waals surface area (Å²) >= 11 is 0. The van der Waals surface area contributed by atoms with Crippen LogP contribution in [0.25, 0.3) is 6.08 Å². The molecule has 0 aliphatic heterocycles. The Bertz CT molecular complexity index is 836. The highest BCUT2D eigenvalue weighted by molar-refractivity contribution is 7.97. The Kier molecular flexibility index (Phi) is 5.19. The van der Waals surface area contributed by atoms with Gasteiger partial charge in [-0.2, -0.15) is 10.5 Å². The lowest BCUT2D eigenvalue weighted by Crippen LogP contribution is -2.28. The zero-order valence-electron chi connectivity index (χ0n) is 13.7. The summed E-state index contributed by atoms with van der Waals surface area (Å²) in [5.74, 6) is -0.851. The molecule has 0 amide bonds. The van der Waals surface area contributed by atoms with Crippen molar-refractivity contribution in [3.8, 4) is 12.1 Å². The summed E-state index contributed by atoms with van der Waals surface area (Å²) in [7, 11) is -0.584. The summed E-state index contributed by atoms with van der Waals surface area (Å²) in [6.07, 6.45) is 0.968. The highest BCUT2D eigenvalue weighted by Crippen LogP contribution is 2.28. The second-order valence-corrected chi connectivity index (χ2v) is 8.78. The quantitative estimate of drug-likeness (QED) is 0.793. The smallest absolute Gasteiger partial charge is 0.193 e. The van der Waals surface area contributed by atoms with Gasteiger partial charge in [0.25, 0.3) is 0 Å². The van der Waals surface area contributed by atoms with Gasteiger partial charge in [-0.15, -0.1) is 0 Å². The van der Waals surface area contributed by atoms with Gasteiger partial charge in [0.05, 0.1) is 10.4 Å². The van der Waals surface area contributed by atoms with Crippen molar-refractivity contribution in [2.75, 3.05) is 19.0 Å². The summed E-state index contributed by atoms with van der Waals surface area (Å²) in [6.45, 7) is 4.37. The minimum Gasteiger partial charge on any atom is -0.377 e. The third-order valence-corrected chi connectivity index (χ3v) is 5.64. The van der Waals surface area contributed by atoms with Gasteiger partial charge in [-0.05, 0) is 39.0 Å². The maximum Gasteiger partial charge on any atom is 0.193 e. The van der Waals surface area contributed by atoms with Crippen LogP contribution in [0.2, 0.25) is 0 Å². The van der Waals surface area contributed by atoms with Crippen LogP contribution in [0.5, 0.6) is 0 Å². The second kappa shape index (κ2) is 6.39. The molecule has 0 spiro atoms.